The van der Waals surface area contributed by atoms with E-state index in [0.717, 1.165) is 18.9 Å². The molecule has 1 unspecified atom stereocenters. The Morgan fingerprint density at radius 1 is 1.38 bits per heavy atom. The van der Waals surface area contributed by atoms with Crippen LogP contribution in [0.5, 0.6) is 0 Å². The lowest BCUT2D eigenvalue weighted by atomic mass is 9.83. The largest absolute Gasteiger partial charge is 0.358 e. The zero-order valence-electron chi connectivity index (χ0n) is 8.59. The van der Waals surface area contributed by atoms with Crippen LogP contribution in [0.2, 0.25) is 0 Å². The number of hydrogen-bond donors (Lipinski definition) is 1. The molecule has 0 heterocycles. The minimum atomic E-state index is 0.647. The summed E-state index contributed by atoms with van der Waals surface area (Å²) in [5, 5.41) is 2.76. The molecular formula is C11H21NO. The van der Waals surface area contributed by atoms with Crippen LogP contribution in [-0.2, 0) is 4.79 Å². The third-order valence-corrected chi connectivity index (χ3v) is 3.01. The first-order valence-corrected chi connectivity index (χ1v) is 5.50. The second-order valence-electron chi connectivity index (χ2n) is 4.37. The standard InChI is InChI=1S/C11H21NO/c1-10(8-12-9-13)7-11-5-3-2-4-6-11/h9-11H,2-8H2,1H3,(H,12,13). The average Bonchev–Trinajstić information content (AvgIpc) is 2.16. The molecule has 0 bridgehead atoms. The molecular weight excluding hydrogens is 162 g/mol. The molecule has 2 nitrogen and oxygen atoms in total. The predicted octanol–water partition coefficient (Wildman–Crippen LogP) is 2.34. The zero-order valence-corrected chi connectivity index (χ0v) is 8.59. The van der Waals surface area contributed by atoms with Crippen LogP contribution in [-0.4, -0.2) is 13.0 Å². The van der Waals surface area contributed by atoms with Gasteiger partial charge in [0.2, 0.25) is 6.41 Å². The summed E-state index contributed by atoms with van der Waals surface area (Å²) in [4.78, 5) is 10.1. The lowest BCUT2D eigenvalue weighted by Crippen LogP contribution is -2.22. The zero-order chi connectivity index (χ0) is 9.52. The molecule has 1 atom stereocenters. The Labute approximate surface area is 81.1 Å². The van der Waals surface area contributed by atoms with E-state index in [-0.39, 0.29) is 0 Å². The molecule has 0 aliphatic heterocycles. The molecule has 0 aromatic heterocycles. The SMILES string of the molecule is CC(CNC=O)CC1CCCCC1. The minimum Gasteiger partial charge on any atom is -0.358 e. The Morgan fingerprint density at radius 3 is 2.69 bits per heavy atom. The molecule has 1 saturated carbocycles. The number of rotatable bonds is 5. The molecule has 1 amide bonds. The van der Waals surface area contributed by atoms with Crippen molar-refractivity contribution >= 4 is 6.41 Å². The number of carbonyl (C=O) groups is 1. The molecule has 1 aliphatic carbocycles. The summed E-state index contributed by atoms with van der Waals surface area (Å²) in [6.45, 7) is 3.07. The molecule has 1 rings (SSSR count). The van der Waals surface area contributed by atoms with Gasteiger partial charge >= 0.3 is 0 Å². The van der Waals surface area contributed by atoms with E-state index in [9.17, 15) is 4.79 Å². The average molecular weight is 183 g/mol. The van der Waals surface area contributed by atoms with Gasteiger partial charge in [0, 0.05) is 6.54 Å². The smallest absolute Gasteiger partial charge is 0.207 e. The van der Waals surface area contributed by atoms with E-state index >= 15 is 0 Å². The van der Waals surface area contributed by atoms with Crippen molar-refractivity contribution in [1.82, 2.24) is 5.32 Å². The van der Waals surface area contributed by atoms with Gasteiger partial charge < -0.3 is 5.32 Å². The van der Waals surface area contributed by atoms with Crippen LogP contribution in [0.1, 0.15) is 45.4 Å². The quantitative estimate of drug-likeness (QED) is 0.651. The Hall–Kier alpha value is -0.530. The van der Waals surface area contributed by atoms with Gasteiger partial charge in [-0.1, -0.05) is 39.0 Å². The fourth-order valence-electron chi connectivity index (χ4n) is 2.32. The molecule has 13 heavy (non-hydrogen) atoms. The normalized spacial score (nSPS) is 21.0. The number of nitrogens with one attached hydrogen (secondary N) is 1. The molecule has 1 aliphatic rings. The first kappa shape index (κ1) is 10.6. The molecule has 1 N–H and O–H groups in total. The van der Waals surface area contributed by atoms with Gasteiger partial charge in [-0.25, -0.2) is 0 Å². The number of amides is 1. The van der Waals surface area contributed by atoms with Crippen LogP contribution >= 0.6 is 0 Å². The summed E-state index contributed by atoms with van der Waals surface area (Å²) in [6.07, 6.45) is 9.17. The summed E-state index contributed by atoms with van der Waals surface area (Å²) in [7, 11) is 0. The van der Waals surface area contributed by atoms with Crippen LogP contribution in [0.15, 0.2) is 0 Å². The maximum atomic E-state index is 10.1. The van der Waals surface area contributed by atoms with E-state index in [1.807, 2.05) is 0 Å². The molecule has 0 radical (unpaired) electrons. The highest BCUT2D eigenvalue weighted by Crippen LogP contribution is 2.28. The van der Waals surface area contributed by atoms with E-state index in [4.69, 9.17) is 0 Å². The lowest BCUT2D eigenvalue weighted by molar-refractivity contribution is -0.109. The highest BCUT2D eigenvalue weighted by atomic mass is 16.1. The second kappa shape index (κ2) is 6.01. The van der Waals surface area contributed by atoms with Gasteiger partial charge in [-0.15, -0.1) is 0 Å². The monoisotopic (exact) mass is 183 g/mol. The van der Waals surface area contributed by atoms with Crippen molar-refractivity contribution in [3.63, 3.8) is 0 Å². The molecule has 0 aromatic rings. The van der Waals surface area contributed by atoms with E-state index in [1.54, 1.807) is 0 Å². The highest BCUT2D eigenvalue weighted by molar-refractivity contribution is 5.45. The van der Waals surface area contributed by atoms with Crippen LogP contribution in [0, 0.1) is 11.8 Å². The molecule has 1 fully saturated rings. The summed E-state index contributed by atoms with van der Waals surface area (Å²) in [5.74, 6) is 1.57. The van der Waals surface area contributed by atoms with Crippen molar-refractivity contribution in [1.29, 1.82) is 0 Å². The summed E-state index contributed by atoms with van der Waals surface area (Å²) < 4.78 is 0. The Morgan fingerprint density at radius 2 is 2.08 bits per heavy atom. The number of carbonyl (C=O) groups excluding carboxylic acids is 1. The van der Waals surface area contributed by atoms with Crippen LogP contribution in [0.3, 0.4) is 0 Å². The van der Waals surface area contributed by atoms with Gasteiger partial charge in [-0.2, -0.15) is 0 Å². The fourth-order valence-corrected chi connectivity index (χ4v) is 2.32. The summed E-state index contributed by atoms with van der Waals surface area (Å²) >= 11 is 0. The molecule has 0 spiro atoms. The van der Waals surface area contributed by atoms with Crippen molar-refractivity contribution < 1.29 is 4.79 Å². The molecule has 2 heteroatoms. The first-order chi connectivity index (χ1) is 6.33. The number of hydrogen-bond acceptors (Lipinski definition) is 1. The van der Waals surface area contributed by atoms with Crippen molar-refractivity contribution in [3.8, 4) is 0 Å². The molecule has 0 aromatic carbocycles. The maximum Gasteiger partial charge on any atom is 0.207 e. The van der Waals surface area contributed by atoms with Crippen molar-refractivity contribution in [2.24, 2.45) is 11.8 Å². The Bertz CT molecular complexity index is 141. The van der Waals surface area contributed by atoms with Gasteiger partial charge in [-0.05, 0) is 18.3 Å². The third kappa shape index (κ3) is 4.30. The topological polar surface area (TPSA) is 29.1 Å². The molecule has 76 valence electrons. The predicted molar refractivity (Wildman–Crippen MR) is 54.4 cm³/mol. The summed E-state index contributed by atoms with van der Waals surface area (Å²) in [5.41, 5.74) is 0. The van der Waals surface area contributed by atoms with Crippen molar-refractivity contribution in [3.05, 3.63) is 0 Å². The minimum absolute atomic E-state index is 0.647. The Kier molecular flexibility index (Phi) is 4.87. The van der Waals surface area contributed by atoms with Crippen LogP contribution in [0.25, 0.3) is 0 Å². The van der Waals surface area contributed by atoms with Gasteiger partial charge in [0.15, 0.2) is 0 Å². The third-order valence-electron chi connectivity index (χ3n) is 3.01. The Balaban J connectivity index is 2.10. The first-order valence-electron chi connectivity index (χ1n) is 5.50. The van der Waals surface area contributed by atoms with Crippen LogP contribution < -0.4 is 5.32 Å². The van der Waals surface area contributed by atoms with E-state index < -0.39 is 0 Å². The van der Waals surface area contributed by atoms with Gasteiger partial charge in [0.25, 0.3) is 0 Å². The second-order valence-corrected chi connectivity index (χ2v) is 4.37. The lowest BCUT2D eigenvalue weighted by Gasteiger charge is -2.24. The van der Waals surface area contributed by atoms with Crippen molar-refractivity contribution in [2.45, 2.75) is 45.4 Å². The van der Waals surface area contributed by atoms with Crippen LogP contribution in [0.4, 0.5) is 0 Å². The maximum absolute atomic E-state index is 10.1. The fraction of sp³-hybridized carbons (Fsp3) is 0.909. The van der Waals surface area contributed by atoms with E-state index in [0.29, 0.717) is 5.92 Å². The van der Waals surface area contributed by atoms with E-state index in [1.165, 1.54) is 38.5 Å². The van der Waals surface area contributed by atoms with E-state index in [2.05, 4.69) is 12.2 Å². The van der Waals surface area contributed by atoms with Gasteiger partial charge in [-0.3, -0.25) is 4.79 Å². The van der Waals surface area contributed by atoms with Gasteiger partial charge in [0.1, 0.15) is 0 Å². The van der Waals surface area contributed by atoms with Gasteiger partial charge in [0.05, 0.1) is 0 Å². The summed E-state index contributed by atoms with van der Waals surface area (Å²) in [6, 6.07) is 0. The highest BCUT2D eigenvalue weighted by Gasteiger charge is 2.15. The van der Waals surface area contributed by atoms with Crippen molar-refractivity contribution in [2.75, 3.05) is 6.54 Å². The molecule has 0 saturated heterocycles.